The van der Waals surface area contributed by atoms with E-state index in [2.05, 4.69) is 11.9 Å². The average Bonchev–Trinajstić information content (AvgIpc) is 2.67. The fraction of sp³-hybridized carbons (Fsp3) is 0.625. The first-order valence-corrected chi connectivity index (χ1v) is 3.60. The van der Waals surface area contributed by atoms with E-state index in [1.807, 2.05) is 12.2 Å². The summed E-state index contributed by atoms with van der Waals surface area (Å²) in [7, 11) is 0. The average molecular weight is 137 g/mol. The number of aliphatic imine (C=N–C) groups is 1. The van der Waals surface area contributed by atoms with Gasteiger partial charge in [-0.1, -0.05) is 19.1 Å². The van der Waals surface area contributed by atoms with E-state index in [1.54, 1.807) is 6.08 Å². The third kappa shape index (κ3) is 1.55. The Labute approximate surface area is 60.7 Å². The fourth-order valence-electron chi connectivity index (χ4n) is 0.872. The molecule has 1 saturated carbocycles. The SMILES string of the molecule is CC/C=C/C1(N=C=O)CC1. The van der Waals surface area contributed by atoms with Crippen molar-refractivity contribution in [3.05, 3.63) is 12.2 Å². The van der Waals surface area contributed by atoms with Crippen molar-refractivity contribution >= 4 is 6.08 Å². The van der Waals surface area contributed by atoms with Crippen LogP contribution in [-0.4, -0.2) is 11.6 Å². The topological polar surface area (TPSA) is 29.4 Å². The lowest BCUT2D eigenvalue weighted by molar-refractivity contribution is 0.560. The minimum absolute atomic E-state index is 0.127. The lowest BCUT2D eigenvalue weighted by Crippen LogP contribution is -1.96. The zero-order chi connectivity index (χ0) is 7.45. The zero-order valence-corrected chi connectivity index (χ0v) is 6.13. The number of rotatable bonds is 3. The Balaban J connectivity index is 2.52. The monoisotopic (exact) mass is 137 g/mol. The van der Waals surface area contributed by atoms with Gasteiger partial charge in [-0.25, -0.2) is 4.79 Å². The highest BCUT2D eigenvalue weighted by atomic mass is 16.1. The van der Waals surface area contributed by atoms with Crippen molar-refractivity contribution in [1.82, 2.24) is 0 Å². The number of nitrogens with zero attached hydrogens (tertiary/aromatic N) is 1. The number of hydrogen-bond donors (Lipinski definition) is 0. The van der Waals surface area contributed by atoms with Gasteiger partial charge in [0, 0.05) is 0 Å². The molecule has 0 aromatic rings. The molecule has 54 valence electrons. The number of isocyanates is 1. The summed E-state index contributed by atoms with van der Waals surface area (Å²) in [6.45, 7) is 2.07. The molecular formula is C8H11NO. The normalized spacial score (nSPS) is 20.5. The van der Waals surface area contributed by atoms with Gasteiger partial charge in [0.15, 0.2) is 0 Å². The van der Waals surface area contributed by atoms with Crippen LogP contribution in [0.1, 0.15) is 26.2 Å². The molecule has 0 aromatic carbocycles. The molecule has 0 bridgehead atoms. The molecule has 0 atom stereocenters. The standard InChI is InChI=1S/C8H11NO/c1-2-3-4-8(5-6-8)9-7-10/h3-4H,2,5-6H2,1H3/b4-3+. The van der Waals surface area contributed by atoms with Crippen LogP contribution in [0.3, 0.4) is 0 Å². The minimum atomic E-state index is -0.127. The van der Waals surface area contributed by atoms with Crippen LogP contribution in [0.4, 0.5) is 0 Å². The molecule has 1 rings (SSSR count). The van der Waals surface area contributed by atoms with Gasteiger partial charge in [0.2, 0.25) is 6.08 Å². The van der Waals surface area contributed by atoms with Gasteiger partial charge in [0.05, 0.1) is 5.54 Å². The molecule has 0 saturated heterocycles. The highest BCUT2D eigenvalue weighted by Crippen LogP contribution is 2.40. The number of allylic oxidation sites excluding steroid dienone is 1. The van der Waals surface area contributed by atoms with Crippen LogP contribution in [0, 0.1) is 0 Å². The molecule has 1 fully saturated rings. The molecule has 0 unspecified atom stereocenters. The molecule has 2 heteroatoms. The highest BCUT2D eigenvalue weighted by Gasteiger charge is 2.39. The van der Waals surface area contributed by atoms with E-state index in [9.17, 15) is 4.79 Å². The van der Waals surface area contributed by atoms with Gasteiger partial charge >= 0.3 is 0 Å². The van der Waals surface area contributed by atoms with Gasteiger partial charge in [0.25, 0.3) is 0 Å². The van der Waals surface area contributed by atoms with Gasteiger partial charge in [0.1, 0.15) is 0 Å². The predicted octanol–water partition coefficient (Wildman–Crippen LogP) is 1.82. The van der Waals surface area contributed by atoms with E-state index < -0.39 is 0 Å². The molecule has 1 aliphatic carbocycles. The number of hydrogen-bond acceptors (Lipinski definition) is 2. The second-order valence-corrected chi connectivity index (χ2v) is 2.62. The minimum Gasteiger partial charge on any atom is -0.211 e. The third-order valence-corrected chi connectivity index (χ3v) is 1.69. The summed E-state index contributed by atoms with van der Waals surface area (Å²) in [4.78, 5) is 13.6. The Kier molecular flexibility index (Phi) is 2.03. The van der Waals surface area contributed by atoms with Crippen molar-refractivity contribution in [3.8, 4) is 0 Å². The molecule has 0 aliphatic heterocycles. The Morgan fingerprint density at radius 3 is 2.80 bits per heavy atom. The van der Waals surface area contributed by atoms with Crippen LogP contribution in [0.5, 0.6) is 0 Å². The molecule has 0 spiro atoms. The van der Waals surface area contributed by atoms with Crippen LogP contribution >= 0.6 is 0 Å². The second-order valence-electron chi connectivity index (χ2n) is 2.62. The second kappa shape index (κ2) is 2.80. The summed E-state index contributed by atoms with van der Waals surface area (Å²) in [5, 5.41) is 0. The van der Waals surface area contributed by atoms with Crippen LogP contribution in [0.2, 0.25) is 0 Å². The van der Waals surface area contributed by atoms with Crippen molar-refractivity contribution in [1.29, 1.82) is 0 Å². The molecule has 0 heterocycles. The van der Waals surface area contributed by atoms with Gasteiger partial charge in [-0.2, -0.15) is 4.99 Å². The van der Waals surface area contributed by atoms with Gasteiger partial charge in [-0.05, 0) is 19.3 Å². The van der Waals surface area contributed by atoms with Crippen molar-refractivity contribution in [2.75, 3.05) is 0 Å². The quantitative estimate of drug-likeness (QED) is 0.331. The Bertz CT molecular complexity index is 185. The first-order chi connectivity index (χ1) is 4.83. The van der Waals surface area contributed by atoms with Crippen LogP contribution in [0.15, 0.2) is 17.1 Å². The summed E-state index contributed by atoms with van der Waals surface area (Å²) in [6, 6.07) is 0. The maximum absolute atomic E-state index is 9.90. The van der Waals surface area contributed by atoms with E-state index >= 15 is 0 Å². The molecule has 1 aliphatic rings. The number of carbonyl (C=O) groups excluding carboxylic acids is 1. The lowest BCUT2D eigenvalue weighted by atomic mass is 10.2. The smallest absolute Gasteiger partial charge is 0.211 e. The summed E-state index contributed by atoms with van der Waals surface area (Å²) in [6.07, 6.45) is 8.70. The van der Waals surface area contributed by atoms with Crippen molar-refractivity contribution < 1.29 is 4.79 Å². The van der Waals surface area contributed by atoms with E-state index in [4.69, 9.17) is 0 Å². The Hall–Kier alpha value is -0.880. The van der Waals surface area contributed by atoms with Gasteiger partial charge in [-0.15, -0.1) is 0 Å². The van der Waals surface area contributed by atoms with Crippen molar-refractivity contribution in [2.45, 2.75) is 31.7 Å². The molecule has 10 heavy (non-hydrogen) atoms. The summed E-state index contributed by atoms with van der Waals surface area (Å²) in [5.74, 6) is 0. The zero-order valence-electron chi connectivity index (χ0n) is 6.13. The molecule has 0 radical (unpaired) electrons. The Morgan fingerprint density at radius 1 is 1.70 bits per heavy atom. The van der Waals surface area contributed by atoms with Gasteiger partial charge in [-0.3, -0.25) is 0 Å². The third-order valence-electron chi connectivity index (χ3n) is 1.69. The highest BCUT2D eigenvalue weighted by molar-refractivity contribution is 5.38. The Morgan fingerprint density at radius 2 is 2.40 bits per heavy atom. The van der Waals surface area contributed by atoms with Crippen LogP contribution < -0.4 is 0 Å². The maximum atomic E-state index is 9.90. The molecule has 0 N–H and O–H groups in total. The van der Waals surface area contributed by atoms with Crippen LogP contribution in [-0.2, 0) is 4.79 Å². The fourth-order valence-corrected chi connectivity index (χ4v) is 0.872. The first-order valence-electron chi connectivity index (χ1n) is 3.60. The molecule has 0 amide bonds. The van der Waals surface area contributed by atoms with Crippen molar-refractivity contribution in [2.24, 2.45) is 4.99 Å². The van der Waals surface area contributed by atoms with E-state index in [0.717, 1.165) is 19.3 Å². The maximum Gasteiger partial charge on any atom is 0.235 e. The van der Waals surface area contributed by atoms with Crippen molar-refractivity contribution in [3.63, 3.8) is 0 Å². The van der Waals surface area contributed by atoms with E-state index in [0.29, 0.717) is 0 Å². The summed E-state index contributed by atoms with van der Waals surface area (Å²) in [5.41, 5.74) is -0.127. The largest absolute Gasteiger partial charge is 0.235 e. The summed E-state index contributed by atoms with van der Waals surface area (Å²) < 4.78 is 0. The predicted molar refractivity (Wildman–Crippen MR) is 39.5 cm³/mol. The molecule has 0 aromatic heterocycles. The molecular weight excluding hydrogens is 126 g/mol. The van der Waals surface area contributed by atoms with Gasteiger partial charge < -0.3 is 0 Å². The summed E-state index contributed by atoms with van der Waals surface area (Å²) >= 11 is 0. The van der Waals surface area contributed by atoms with E-state index in [-0.39, 0.29) is 5.54 Å². The first kappa shape index (κ1) is 7.23. The lowest BCUT2D eigenvalue weighted by Gasteiger charge is -1.95. The van der Waals surface area contributed by atoms with E-state index in [1.165, 1.54) is 0 Å². The van der Waals surface area contributed by atoms with Crippen LogP contribution in [0.25, 0.3) is 0 Å². The molecule has 2 nitrogen and oxygen atoms in total.